The Hall–Kier alpha value is -2.59. The Morgan fingerprint density at radius 3 is 2.44 bits per heavy atom. The monoisotopic (exact) mass is 394 g/mol. The molecule has 0 saturated heterocycles. The zero-order valence-electron chi connectivity index (χ0n) is 13.9. The highest BCUT2D eigenvalue weighted by Crippen LogP contribution is 2.27. The summed E-state index contributed by atoms with van der Waals surface area (Å²) in [7, 11) is 0. The molecule has 0 spiro atoms. The Balaban J connectivity index is 1.68. The number of carbonyl (C=O) groups is 1. The number of hydrogen-bond donors (Lipinski definition) is 2. The summed E-state index contributed by atoms with van der Waals surface area (Å²) >= 11 is 3.48. The van der Waals surface area contributed by atoms with E-state index in [4.69, 9.17) is 0 Å². The molecule has 3 aromatic rings. The van der Waals surface area contributed by atoms with Gasteiger partial charge in [-0.15, -0.1) is 0 Å². The van der Waals surface area contributed by atoms with E-state index in [-0.39, 0.29) is 12.5 Å². The molecule has 1 amide bonds. The van der Waals surface area contributed by atoms with E-state index in [0.29, 0.717) is 0 Å². The lowest BCUT2D eigenvalue weighted by Gasteiger charge is -2.12. The van der Waals surface area contributed by atoms with Gasteiger partial charge in [0, 0.05) is 21.4 Å². The molecule has 3 rings (SSSR count). The van der Waals surface area contributed by atoms with Crippen LogP contribution in [-0.4, -0.2) is 12.5 Å². The van der Waals surface area contributed by atoms with Crippen molar-refractivity contribution in [1.82, 2.24) is 0 Å². The Morgan fingerprint density at radius 2 is 1.68 bits per heavy atom. The molecule has 3 aromatic carbocycles. The van der Waals surface area contributed by atoms with Crippen LogP contribution in [-0.2, 0) is 4.79 Å². The molecule has 0 aliphatic rings. The van der Waals surface area contributed by atoms with E-state index in [1.807, 2.05) is 79.7 Å². The fraction of sp³-hybridized carbons (Fsp3) is 0.0952. The predicted octanol–water partition coefficient (Wildman–Crippen LogP) is 5.48. The standard InChI is InChI=1S/C21H19BrN2O/c1-15-13-17(11-12-19(15)22)23-14-21(25)24-20-10-6-5-9-18(20)16-7-3-2-4-8-16/h2-13,23H,14H2,1H3,(H,24,25). The molecule has 0 atom stereocenters. The summed E-state index contributed by atoms with van der Waals surface area (Å²) in [5.41, 5.74) is 4.95. The van der Waals surface area contributed by atoms with Crippen molar-refractivity contribution < 1.29 is 4.79 Å². The van der Waals surface area contributed by atoms with Crippen molar-refractivity contribution in [1.29, 1.82) is 0 Å². The second kappa shape index (κ2) is 7.99. The molecule has 2 N–H and O–H groups in total. The van der Waals surface area contributed by atoms with Crippen LogP contribution in [0.2, 0.25) is 0 Å². The van der Waals surface area contributed by atoms with Crippen LogP contribution < -0.4 is 10.6 Å². The van der Waals surface area contributed by atoms with Gasteiger partial charge in [-0.3, -0.25) is 4.79 Å². The van der Waals surface area contributed by atoms with Crippen LogP contribution in [0.5, 0.6) is 0 Å². The van der Waals surface area contributed by atoms with Crippen LogP contribution in [0.4, 0.5) is 11.4 Å². The van der Waals surface area contributed by atoms with E-state index in [1.165, 1.54) is 0 Å². The third-order valence-electron chi connectivity index (χ3n) is 3.90. The fourth-order valence-corrected chi connectivity index (χ4v) is 2.84. The SMILES string of the molecule is Cc1cc(NCC(=O)Nc2ccccc2-c2ccccc2)ccc1Br. The number of hydrogen-bond acceptors (Lipinski definition) is 2. The first-order chi connectivity index (χ1) is 12.1. The molecule has 0 heterocycles. The number of carbonyl (C=O) groups excluding carboxylic acids is 1. The van der Waals surface area contributed by atoms with Gasteiger partial charge in [-0.05, 0) is 42.3 Å². The molecular weight excluding hydrogens is 376 g/mol. The van der Waals surface area contributed by atoms with Crippen molar-refractivity contribution >= 4 is 33.2 Å². The number of nitrogens with one attached hydrogen (secondary N) is 2. The lowest BCUT2D eigenvalue weighted by molar-refractivity contribution is -0.114. The van der Waals surface area contributed by atoms with E-state index in [9.17, 15) is 4.79 Å². The number of amides is 1. The van der Waals surface area contributed by atoms with Gasteiger partial charge in [-0.2, -0.15) is 0 Å². The summed E-state index contributed by atoms with van der Waals surface area (Å²) in [6.45, 7) is 2.23. The number of halogens is 1. The highest BCUT2D eigenvalue weighted by Gasteiger charge is 2.08. The molecule has 0 fully saturated rings. The highest BCUT2D eigenvalue weighted by molar-refractivity contribution is 9.10. The average molecular weight is 395 g/mol. The largest absolute Gasteiger partial charge is 0.376 e. The lowest BCUT2D eigenvalue weighted by atomic mass is 10.0. The molecule has 3 nitrogen and oxygen atoms in total. The molecular formula is C21H19BrN2O. The average Bonchev–Trinajstić information content (AvgIpc) is 2.64. The number of para-hydroxylation sites is 1. The smallest absolute Gasteiger partial charge is 0.243 e. The Kier molecular flexibility index (Phi) is 5.51. The quantitative estimate of drug-likeness (QED) is 0.601. The highest BCUT2D eigenvalue weighted by atomic mass is 79.9. The van der Waals surface area contributed by atoms with Crippen molar-refractivity contribution in [3.8, 4) is 11.1 Å². The van der Waals surface area contributed by atoms with E-state index < -0.39 is 0 Å². The maximum absolute atomic E-state index is 12.3. The van der Waals surface area contributed by atoms with E-state index in [0.717, 1.165) is 32.5 Å². The summed E-state index contributed by atoms with van der Waals surface area (Å²) < 4.78 is 1.05. The Bertz CT molecular complexity index is 878. The van der Waals surface area contributed by atoms with Gasteiger partial charge >= 0.3 is 0 Å². The maximum Gasteiger partial charge on any atom is 0.243 e. The topological polar surface area (TPSA) is 41.1 Å². The first-order valence-corrected chi connectivity index (χ1v) is 8.87. The van der Waals surface area contributed by atoms with Crippen molar-refractivity contribution in [2.45, 2.75) is 6.92 Å². The van der Waals surface area contributed by atoms with Crippen LogP contribution in [0, 0.1) is 6.92 Å². The van der Waals surface area contributed by atoms with E-state index in [2.05, 4.69) is 26.6 Å². The van der Waals surface area contributed by atoms with Gasteiger partial charge in [0.15, 0.2) is 0 Å². The summed E-state index contributed by atoms with van der Waals surface area (Å²) in [5, 5.41) is 6.15. The first-order valence-electron chi connectivity index (χ1n) is 8.08. The molecule has 4 heteroatoms. The zero-order chi connectivity index (χ0) is 17.6. The second-order valence-corrected chi connectivity index (χ2v) is 6.63. The van der Waals surface area contributed by atoms with Gasteiger partial charge in [-0.1, -0.05) is 64.5 Å². The second-order valence-electron chi connectivity index (χ2n) is 5.78. The minimum atomic E-state index is -0.0797. The third-order valence-corrected chi connectivity index (χ3v) is 4.79. The number of rotatable bonds is 5. The van der Waals surface area contributed by atoms with Gasteiger partial charge in [-0.25, -0.2) is 0 Å². The van der Waals surface area contributed by atoms with Crippen molar-refractivity contribution in [3.05, 3.63) is 82.8 Å². The van der Waals surface area contributed by atoms with Crippen molar-refractivity contribution in [2.75, 3.05) is 17.2 Å². The number of anilines is 2. The Morgan fingerprint density at radius 1 is 0.960 bits per heavy atom. The molecule has 0 aromatic heterocycles. The third kappa shape index (κ3) is 4.48. The summed E-state index contributed by atoms with van der Waals surface area (Å²) in [4.78, 5) is 12.3. The van der Waals surface area contributed by atoms with Crippen molar-refractivity contribution in [2.24, 2.45) is 0 Å². The summed E-state index contributed by atoms with van der Waals surface area (Å²) in [6, 6.07) is 23.8. The van der Waals surface area contributed by atoms with E-state index >= 15 is 0 Å². The zero-order valence-corrected chi connectivity index (χ0v) is 15.5. The molecule has 0 bridgehead atoms. The molecule has 0 saturated carbocycles. The van der Waals surface area contributed by atoms with Crippen molar-refractivity contribution in [3.63, 3.8) is 0 Å². The minimum Gasteiger partial charge on any atom is -0.376 e. The Labute approximate surface area is 156 Å². The van der Waals surface area contributed by atoms with Gasteiger partial charge in [0.25, 0.3) is 0 Å². The predicted molar refractivity (Wildman–Crippen MR) is 108 cm³/mol. The van der Waals surface area contributed by atoms with Crippen LogP contribution in [0.3, 0.4) is 0 Å². The molecule has 0 aliphatic heterocycles. The normalized spacial score (nSPS) is 10.3. The van der Waals surface area contributed by atoms with Gasteiger partial charge in [0.1, 0.15) is 0 Å². The molecule has 126 valence electrons. The van der Waals surface area contributed by atoms with E-state index in [1.54, 1.807) is 0 Å². The lowest BCUT2D eigenvalue weighted by Crippen LogP contribution is -2.22. The van der Waals surface area contributed by atoms with Crippen LogP contribution in [0.15, 0.2) is 77.3 Å². The molecule has 0 unspecified atom stereocenters. The molecule has 25 heavy (non-hydrogen) atoms. The molecule has 0 radical (unpaired) electrons. The summed E-state index contributed by atoms with van der Waals surface area (Å²) in [6.07, 6.45) is 0. The van der Waals surface area contributed by atoms with Crippen LogP contribution >= 0.6 is 15.9 Å². The van der Waals surface area contributed by atoms with Gasteiger partial charge in [0.05, 0.1) is 6.54 Å². The number of aryl methyl sites for hydroxylation is 1. The fourth-order valence-electron chi connectivity index (χ4n) is 2.59. The number of benzene rings is 3. The van der Waals surface area contributed by atoms with Crippen LogP contribution in [0.1, 0.15) is 5.56 Å². The van der Waals surface area contributed by atoms with Gasteiger partial charge in [0.2, 0.25) is 5.91 Å². The first kappa shape index (κ1) is 17.2. The summed E-state index contributed by atoms with van der Waals surface area (Å²) in [5.74, 6) is -0.0797. The van der Waals surface area contributed by atoms with Crippen LogP contribution in [0.25, 0.3) is 11.1 Å². The molecule has 0 aliphatic carbocycles. The minimum absolute atomic E-state index is 0.0797. The maximum atomic E-state index is 12.3. The van der Waals surface area contributed by atoms with Gasteiger partial charge < -0.3 is 10.6 Å².